The van der Waals surface area contributed by atoms with E-state index in [2.05, 4.69) is 25.7 Å². The van der Waals surface area contributed by atoms with Crippen LogP contribution in [-0.2, 0) is 13.6 Å². The van der Waals surface area contributed by atoms with E-state index in [9.17, 15) is 4.39 Å². The Kier molecular flexibility index (Phi) is 7.18. The highest BCUT2D eigenvalue weighted by Gasteiger charge is 2.10. The minimum absolute atomic E-state index is 0.0968. The summed E-state index contributed by atoms with van der Waals surface area (Å²) in [7, 11) is 1.83. The number of aromatic nitrogens is 3. The molecule has 0 saturated carbocycles. The van der Waals surface area contributed by atoms with Crippen molar-refractivity contribution in [2.75, 3.05) is 13.1 Å². The molecule has 0 aliphatic heterocycles. The molecule has 0 amide bonds. The summed E-state index contributed by atoms with van der Waals surface area (Å²) in [4.78, 5) is 8.65. The molecule has 0 radical (unpaired) electrons. The van der Waals surface area contributed by atoms with Crippen LogP contribution in [0.15, 0.2) is 35.6 Å². The fourth-order valence-electron chi connectivity index (χ4n) is 2.17. The zero-order valence-electron chi connectivity index (χ0n) is 14.9. The number of nitrogens with one attached hydrogen (secondary N) is 2. The topological polar surface area (TPSA) is 76.4 Å². The van der Waals surface area contributed by atoms with E-state index < -0.39 is 0 Å². The quantitative estimate of drug-likeness (QED) is 0.563. The standard InChI is InChI=1S/C17H25FN6O/c1-4-14(25-15-8-6-7-13(18)9-15)10-20-17(19-5-2)21-11-16-22-12-23-24(16)3/h6-9,12,14H,4-5,10-11H2,1-3H3,(H2,19,20,21). The normalized spacial score (nSPS) is 12.7. The third-order valence-electron chi connectivity index (χ3n) is 3.58. The lowest BCUT2D eigenvalue weighted by atomic mass is 10.2. The molecule has 136 valence electrons. The van der Waals surface area contributed by atoms with Gasteiger partial charge in [0, 0.05) is 19.7 Å². The van der Waals surface area contributed by atoms with Crippen LogP contribution in [0.1, 0.15) is 26.1 Å². The van der Waals surface area contributed by atoms with Crippen molar-refractivity contribution in [3.63, 3.8) is 0 Å². The van der Waals surface area contributed by atoms with E-state index in [1.807, 2.05) is 20.9 Å². The van der Waals surface area contributed by atoms with Gasteiger partial charge in [0.05, 0.1) is 6.54 Å². The minimum Gasteiger partial charge on any atom is -0.489 e. The first-order valence-corrected chi connectivity index (χ1v) is 8.39. The molecule has 2 N–H and O–H groups in total. The number of halogens is 1. The van der Waals surface area contributed by atoms with Crippen LogP contribution < -0.4 is 15.4 Å². The lowest BCUT2D eigenvalue weighted by Crippen LogP contribution is -2.42. The molecule has 8 heteroatoms. The Balaban J connectivity index is 1.92. The highest BCUT2D eigenvalue weighted by atomic mass is 19.1. The molecule has 0 aliphatic carbocycles. The number of benzene rings is 1. The van der Waals surface area contributed by atoms with Gasteiger partial charge in [-0.2, -0.15) is 5.10 Å². The van der Waals surface area contributed by atoms with Crippen LogP contribution in [0.4, 0.5) is 4.39 Å². The number of rotatable bonds is 8. The monoisotopic (exact) mass is 348 g/mol. The fourth-order valence-corrected chi connectivity index (χ4v) is 2.17. The molecule has 7 nitrogen and oxygen atoms in total. The predicted molar refractivity (Wildman–Crippen MR) is 94.9 cm³/mol. The molecule has 0 spiro atoms. The Morgan fingerprint density at radius 2 is 2.20 bits per heavy atom. The van der Waals surface area contributed by atoms with Gasteiger partial charge in [-0.3, -0.25) is 4.68 Å². The van der Waals surface area contributed by atoms with E-state index in [0.29, 0.717) is 24.8 Å². The van der Waals surface area contributed by atoms with Crippen LogP contribution in [0.2, 0.25) is 0 Å². The Morgan fingerprint density at radius 1 is 1.36 bits per heavy atom. The molecule has 1 unspecified atom stereocenters. The van der Waals surface area contributed by atoms with Crippen molar-refractivity contribution in [2.45, 2.75) is 32.9 Å². The summed E-state index contributed by atoms with van der Waals surface area (Å²) in [6.07, 6.45) is 2.19. The maximum atomic E-state index is 13.3. The van der Waals surface area contributed by atoms with Crippen LogP contribution in [0.3, 0.4) is 0 Å². The summed E-state index contributed by atoms with van der Waals surface area (Å²) in [5.41, 5.74) is 0. The third-order valence-corrected chi connectivity index (χ3v) is 3.58. The highest BCUT2D eigenvalue weighted by molar-refractivity contribution is 5.79. The molecule has 0 fully saturated rings. The second-order valence-electron chi connectivity index (χ2n) is 5.48. The Bertz CT molecular complexity index is 687. The highest BCUT2D eigenvalue weighted by Crippen LogP contribution is 2.14. The second-order valence-corrected chi connectivity index (χ2v) is 5.48. The van der Waals surface area contributed by atoms with Crippen LogP contribution in [-0.4, -0.2) is 39.9 Å². The minimum atomic E-state index is -0.307. The first kappa shape index (κ1) is 18.7. The molecule has 1 heterocycles. The number of aryl methyl sites for hydroxylation is 1. The van der Waals surface area contributed by atoms with Crippen molar-refractivity contribution in [3.05, 3.63) is 42.2 Å². The number of nitrogens with zero attached hydrogens (tertiary/aromatic N) is 4. The van der Waals surface area contributed by atoms with Crippen molar-refractivity contribution in [2.24, 2.45) is 12.0 Å². The molecule has 25 heavy (non-hydrogen) atoms. The maximum Gasteiger partial charge on any atom is 0.191 e. The number of ether oxygens (including phenoxy) is 1. The van der Waals surface area contributed by atoms with Gasteiger partial charge in [-0.25, -0.2) is 14.4 Å². The predicted octanol–water partition coefficient (Wildman–Crippen LogP) is 1.87. The van der Waals surface area contributed by atoms with Crippen molar-refractivity contribution in [1.29, 1.82) is 0 Å². The smallest absolute Gasteiger partial charge is 0.191 e. The van der Waals surface area contributed by atoms with Gasteiger partial charge in [0.15, 0.2) is 5.96 Å². The molecule has 1 aromatic carbocycles. The molecular formula is C17H25FN6O. The maximum absolute atomic E-state index is 13.3. The van der Waals surface area contributed by atoms with Gasteiger partial charge in [-0.1, -0.05) is 13.0 Å². The Labute approximate surface area is 147 Å². The van der Waals surface area contributed by atoms with E-state index >= 15 is 0 Å². The SMILES string of the molecule is CCNC(=NCc1ncnn1C)NCC(CC)Oc1cccc(F)c1. The van der Waals surface area contributed by atoms with E-state index in [1.54, 1.807) is 16.8 Å². The van der Waals surface area contributed by atoms with Crippen molar-refractivity contribution >= 4 is 5.96 Å². The number of aliphatic imine (C=N–C) groups is 1. The molecule has 0 aliphatic rings. The van der Waals surface area contributed by atoms with E-state index in [0.717, 1.165) is 18.8 Å². The van der Waals surface area contributed by atoms with Gasteiger partial charge in [0.1, 0.15) is 36.4 Å². The number of guanidine groups is 1. The number of hydrogen-bond acceptors (Lipinski definition) is 4. The summed E-state index contributed by atoms with van der Waals surface area (Å²) in [5.74, 6) is 1.67. The van der Waals surface area contributed by atoms with Gasteiger partial charge in [0.2, 0.25) is 0 Å². The summed E-state index contributed by atoms with van der Waals surface area (Å²) in [6, 6.07) is 6.17. The molecular weight excluding hydrogens is 323 g/mol. The average Bonchev–Trinajstić information content (AvgIpc) is 3.01. The van der Waals surface area contributed by atoms with Gasteiger partial charge >= 0.3 is 0 Å². The van der Waals surface area contributed by atoms with Crippen molar-refractivity contribution in [1.82, 2.24) is 25.4 Å². The Hall–Kier alpha value is -2.64. The zero-order chi connectivity index (χ0) is 18.1. The fraction of sp³-hybridized carbons (Fsp3) is 0.471. The molecule has 1 atom stereocenters. The van der Waals surface area contributed by atoms with Crippen molar-refractivity contribution in [3.8, 4) is 5.75 Å². The Morgan fingerprint density at radius 3 is 2.84 bits per heavy atom. The van der Waals surface area contributed by atoms with Gasteiger partial charge < -0.3 is 15.4 Å². The van der Waals surface area contributed by atoms with Crippen LogP contribution >= 0.6 is 0 Å². The van der Waals surface area contributed by atoms with Gasteiger partial charge in [-0.05, 0) is 25.5 Å². The number of hydrogen-bond donors (Lipinski definition) is 2. The van der Waals surface area contributed by atoms with E-state index in [-0.39, 0.29) is 11.9 Å². The lowest BCUT2D eigenvalue weighted by molar-refractivity contribution is 0.198. The first-order valence-electron chi connectivity index (χ1n) is 8.39. The molecule has 2 aromatic rings. The summed E-state index contributed by atoms with van der Waals surface area (Å²) >= 11 is 0. The summed E-state index contributed by atoms with van der Waals surface area (Å²) < 4.78 is 20.8. The molecule has 1 aromatic heterocycles. The summed E-state index contributed by atoms with van der Waals surface area (Å²) in [6.45, 7) is 5.74. The van der Waals surface area contributed by atoms with Crippen LogP contribution in [0, 0.1) is 5.82 Å². The lowest BCUT2D eigenvalue weighted by Gasteiger charge is -2.20. The van der Waals surface area contributed by atoms with E-state index in [4.69, 9.17) is 4.74 Å². The third kappa shape index (κ3) is 6.06. The molecule has 0 saturated heterocycles. The average molecular weight is 348 g/mol. The van der Waals surface area contributed by atoms with Gasteiger partial charge in [0.25, 0.3) is 0 Å². The van der Waals surface area contributed by atoms with Crippen LogP contribution in [0.25, 0.3) is 0 Å². The summed E-state index contributed by atoms with van der Waals surface area (Å²) in [5, 5.41) is 10.5. The zero-order valence-corrected chi connectivity index (χ0v) is 14.9. The van der Waals surface area contributed by atoms with Crippen molar-refractivity contribution < 1.29 is 9.13 Å². The largest absolute Gasteiger partial charge is 0.489 e. The molecule has 0 bridgehead atoms. The van der Waals surface area contributed by atoms with Crippen LogP contribution in [0.5, 0.6) is 5.75 Å². The second kappa shape index (κ2) is 9.61. The first-order chi connectivity index (χ1) is 12.1. The van der Waals surface area contributed by atoms with E-state index in [1.165, 1.54) is 18.5 Å². The van der Waals surface area contributed by atoms with Gasteiger partial charge in [-0.15, -0.1) is 0 Å². The molecule has 2 rings (SSSR count).